The van der Waals surface area contributed by atoms with Crippen molar-refractivity contribution in [3.63, 3.8) is 0 Å². The van der Waals surface area contributed by atoms with Crippen molar-refractivity contribution < 1.29 is 23.9 Å². The summed E-state index contributed by atoms with van der Waals surface area (Å²) in [6, 6.07) is 12.8. The van der Waals surface area contributed by atoms with E-state index < -0.39 is 34.8 Å². The molecule has 4 heterocycles. The van der Waals surface area contributed by atoms with Crippen LogP contribution in [0, 0.1) is 5.41 Å². The number of nitrogens with one attached hydrogen (secondary N) is 1. The van der Waals surface area contributed by atoms with Gasteiger partial charge in [0.05, 0.1) is 6.04 Å². The molecular formula is C27H30N4O5. The molecule has 9 nitrogen and oxygen atoms in total. The number of rotatable bonds is 2. The Hall–Kier alpha value is -3.59. The van der Waals surface area contributed by atoms with Crippen LogP contribution in [0.1, 0.15) is 31.9 Å². The van der Waals surface area contributed by atoms with Crippen LogP contribution in [-0.4, -0.2) is 65.7 Å². The largest absolute Gasteiger partial charge is 0.454 e. The zero-order valence-electron chi connectivity index (χ0n) is 20.7. The first-order chi connectivity index (χ1) is 17.2. The van der Waals surface area contributed by atoms with Crippen LogP contribution < -0.4 is 19.7 Å². The molecule has 2 unspecified atom stereocenters. The van der Waals surface area contributed by atoms with Crippen molar-refractivity contribution in [1.29, 1.82) is 0 Å². The zero-order chi connectivity index (χ0) is 25.2. The molecule has 0 radical (unpaired) electrons. The summed E-state index contributed by atoms with van der Waals surface area (Å²) in [7, 11) is 0. The summed E-state index contributed by atoms with van der Waals surface area (Å²) < 4.78 is 11.0. The Kier molecular flexibility index (Phi) is 5.05. The second-order valence-corrected chi connectivity index (χ2v) is 11.0. The lowest BCUT2D eigenvalue weighted by molar-refractivity contribution is -0.157. The lowest BCUT2D eigenvalue weighted by Crippen LogP contribution is -2.76. The number of hydrogen-bond donors (Lipinski definition) is 1. The first-order valence-electron chi connectivity index (χ1n) is 12.3. The molecular weight excluding hydrogens is 460 g/mol. The van der Waals surface area contributed by atoms with E-state index in [0.29, 0.717) is 19.6 Å². The van der Waals surface area contributed by atoms with Crippen LogP contribution in [0.3, 0.4) is 0 Å². The molecule has 188 valence electrons. The minimum absolute atomic E-state index is 0.224. The topological polar surface area (TPSA) is 91.4 Å². The maximum Gasteiger partial charge on any atom is 0.331 e. The highest BCUT2D eigenvalue weighted by Gasteiger charge is 2.64. The number of ether oxygens (including phenoxy) is 2. The number of nitrogens with zero attached hydrogens (tertiary/aromatic N) is 3. The fraction of sp³-hybridized carbons (Fsp3) is 0.444. The second kappa shape index (κ2) is 7.96. The summed E-state index contributed by atoms with van der Waals surface area (Å²) in [4.78, 5) is 46.4. The lowest BCUT2D eigenvalue weighted by Gasteiger charge is -2.56. The molecule has 0 saturated carbocycles. The van der Waals surface area contributed by atoms with E-state index in [9.17, 15) is 14.4 Å². The van der Waals surface area contributed by atoms with Gasteiger partial charge in [0.2, 0.25) is 18.6 Å². The molecule has 36 heavy (non-hydrogen) atoms. The summed E-state index contributed by atoms with van der Waals surface area (Å²) in [6.07, 6.45) is 0.257. The highest BCUT2D eigenvalue weighted by Crippen LogP contribution is 2.46. The van der Waals surface area contributed by atoms with Crippen LogP contribution in [0.15, 0.2) is 42.5 Å². The molecule has 0 bridgehead atoms. The van der Waals surface area contributed by atoms with E-state index in [4.69, 9.17) is 9.47 Å². The molecule has 2 atom stereocenters. The molecule has 2 aromatic rings. The number of hydrogen-bond acceptors (Lipinski definition) is 7. The van der Waals surface area contributed by atoms with Gasteiger partial charge in [-0.15, -0.1) is 0 Å². The van der Waals surface area contributed by atoms with Gasteiger partial charge in [0.15, 0.2) is 16.9 Å². The van der Waals surface area contributed by atoms with Crippen molar-refractivity contribution in [1.82, 2.24) is 15.1 Å². The Balaban J connectivity index is 1.38. The molecule has 1 N–H and O–H groups in total. The summed E-state index contributed by atoms with van der Waals surface area (Å²) in [6.45, 7) is 8.26. The highest BCUT2D eigenvalue weighted by atomic mass is 16.7. The van der Waals surface area contributed by atoms with Gasteiger partial charge in [0.25, 0.3) is 0 Å². The minimum Gasteiger partial charge on any atom is -0.454 e. The first kappa shape index (κ1) is 22.8. The van der Waals surface area contributed by atoms with Crippen LogP contribution in [0.25, 0.3) is 0 Å². The summed E-state index contributed by atoms with van der Waals surface area (Å²) >= 11 is 0. The van der Waals surface area contributed by atoms with E-state index in [1.54, 1.807) is 0 Å². The predicted molar refractivity (Wildman–Crippen MR) is 132 cm³/mol. The number of imide groups is 2. The molecule has 2 saturated heterocycles. The van der Waals surface area contributed by atoms with E-state index in [2.05, 4.69) is 21.2 Å². The van der Waals surface area contributed by atoms with Crippen molar-refractivity contribution in [3.8, 4) is 11.5 Å². The minimum atomic E-state index is -1.40. The van der Waals surface area contributed by atoms with Gasteiger partial charge in [-0.05, 0) is 56.5 Å². The third-order valence-electron chi connectivity index (χ3n) is 7.73. The van der Waals surface area contributed by atoms with Crippen molar-refractivity contribution >= 4 is 23.5 Å². The normalized spacial score (nSPS) is 25.6. The zero-order valence-corrected chi connectivity index (χ0v) is 20.7. The average molecular weight is 491 g/mol. The Morgan fingerprint density at radius 3 is 2.61 bits per heavy atom. The number of fused-ring (bicyclic) bond motifs is 5. The number of carbonyl (C=O) groups excluding carboxylic acids is 3. The van der Waals surface area contributed by atoms with Gasteiger partial charge < -0.3 is 14.4 Å². The molecule has 1 spiro atoms. The Labute approximate surface area is 209 Å². The number of para-hydroxylation sites is 1. The fourth-order valence-electron chi connectivity index (χ4n) is 6.06. The van der Waals surface area contributed by atoms with Gasteiger partial charge in [-0.2, -0.15) is 0 Å². The average Bonchev–Trinajstić information content (AvgIpc) is 3.29. The third-order valence-corrected chi connectivity index (χ3v) is 7.73. The number of urea groups is 1. The molecule has 2 fully saturated rings. The standard InChI is InChI=1S/C27H30N4O5/c1-26(2,3)31-24(33)27(23(32)28-25(31)34)13-18-6-4-5-7-19(18)30-11-10-29(15-22(27)30)14-17-8-9-20-21(12-17)36-16-35-20/h4-9,12,22H,10-11,13-16H2,1-3H3,(H,28,32,34). The lowest BCUT2D eigenvalue weighted by atomic mass is 9.67. The van der Waals surface area contributed by atoms with Crippen LogP contribution in [0.4, 0.5) is 10.5 Å². The number of piperazine rings is 1. The summed E-state index contributed by atoms with van der Waals surface area (Å²) in [5.41, 5.74) is 0.907. The van der Waals surface area contributed by atoms with Crippen molar-refractivity contribution in [2.24, 2.45) is 5.41 Å². The monoisotopic (exact) mass is 490 g/mol. The number of amides is 4. The molecule has 4 amide bonds. The van der Waals surface area contributed by atoms with E-state index >= 15 is 0 Å². The van der Waals surface area contributed by atoms with Crippen molar-refractivity contribution in [2.75, 3.05) is 31.3 Å². The molecule has 4 aliphatic rings. The number of benzene rings is 2. The van der Waals surface area contributed by atoms with Crippen LogP contribution >= 0.6 is 0 Å². The Bertz CT molecular complexity index is 1270. The van der Waals surface area contributed by atoms with Crippen molar-refractivity contribution in [2.45, 2.75) is 45.3 Å². The highest BCUT2D eigenvalue weighted by molar-refractivity contribution is 6.20. The van der Waals surface area contributed by atoms with Gasteiger partial charge in [0.1, 0.15) is 0 Å². The fourth-order valence-corrected chi connectivity index (χ4v) is 6.06. The van der Waals surface area contributed by atoms with E-state index in [1.165, 1.54) is 4.90 Å². The van der Waals surface area contributed by atoms with Gasteiger partial charge in [-0.1, -0.05) is 24.3 Å². The predicted octanol–water partition coefficient (Wildman–Crippen LogP) is 2.53. The van der Waals surface area contributed by atoms with Crippen LogP contribution in [-0.2, 0) is 22.6 Å². The Morgan fingerprint density at radius 2 is 1.81 bits per heavy atom. The number of carbonyl (C=O) groups is 3. The molecule has 9 heteroatoms. The second-order valence-electron chi connectivity index (χ2n) is 11.0. The van der Waals surface area contributed by atoms with Gasteiger partial charge in [-0.25, -0.2) is 4.79 Å². The van der Waals surface area contributed by atoms with Crippen LogP contribution in [0.2, 0.25) is 0 Å². The Morgan fingerprint density at radius 1 is 1.03 bits per heavy atom. The van der Waals surface area contributed by atoms with E-state index in [1.807, 2.05) is 57.2 Å². The maximum atomic E-state index is 14.2. The van der Waals surface area contributed by atoms with E-state index in [0.717, 1.165) is 34.9 Å². The first-order valence-corrected chi connectivity index (χ1v) is 12.3. The molecule has 0 aromatic heterocycles. The quantitative estimate of drug-likeness (QED) is 0.647. The smallest absolute Gasteiger partial charge is 0.331 e. The van der Waals surface area contributed by atoms with E-state index in [-0.39, 0.29) is 13.2 Å². The van der Waals surface area contributed by atoms with Gasteiger partial charge in [0, 0.05) is 37.4 Å². The third kappa shape index (κ3) is 3.37. The summed E-state index contributed by atoms with van der Waals surface area (Å²) in [5, 5.41) is 2.54. The number of anilines is 1. The summed E-state index contributed by atoms with van der Waals surface area (Å²) in [5.74, 6) is 0.545. The molecule has 6 rings (SSSR count). The van der Waals surface area contributed by atoms with Crippen LogP contribution in [0.5, 0.6) is 11.5 Å². The SMILES string of the molecule is CC(C)(C)N1C(=O)NC(=O)C2(Cc3ccccc3N3CCN(Cc4ccc5c(c4)OCO5)CC32)C1=O. The number of barbiturate groups is 1. The van der Waals surface area contributed by atoms with Gasteiger partial charge >= 0.3 is 6.03 Å². The maximum absolute atomic E-state index is 14.2. The van der Waals surface area contributed by atoms with Gasteiger partial charge in [-0.3, -0.25) is 24.7 Å². The molecule has 4 aliphatic heterocycles. The molecule has 0 aliphatic carbocycles. The molecule has 2 aromatic carbocycles. The van der Waals surface area contributed by atoms with Crippen molar-refractivity contribution in [3.05, 3.63) is 53.6 Å².